The van der Waals surface area contributed by atoms with Gasteiger partial charge in [0.25, 0.3) is 0 Å². The van der Waals surface area contributed by atoms with Crippen molar-refractivity contribution in [1.29, 1.82) is 0 Å². The summed E-state index contributed by atoms with van der Waals surface area (Å²) < 4.78 is 5.90. The van der Waals surface area contributed by atoms with Gasteiger partial charge in [0.05, 0.1) is 6.10 Å². The molecule has 4 N–H and O–H groups in total. The molecular formula is C15H25N2O4P. The molecule has 6 nitrogen and oxygen atoms in total. The molecule has 124 valence electrons. The van der Waals surface area contributed by atoms with Crippen LogP contribution in [0.4, 0.5) is 4.79 Å². The predicted molar refractivity (Wildman–Crippen MR) is 89.6 cm³/mol. The van der Waals surface area contributed by atoms with Gasteiger partial charge in [0.2, 0.25) is 0 Å². The minimum atomic E-state index is -1.45. The predicted octanol–water partition coefficient (Wildman–Crippen LogP) is 0.675. The van der Waals surface area contributed by atoms with Gasteiger partial charge in [-0.2, -0.15) is 0 Å². The summed E-state index contributed by atoms with van der Waals surface area (Å²) in [4.78, 5) is 11.3. The number of carbonyl (C=O) groups excluding carboxylic acids is 1. The Morgan fingerprint density at radius 3 is 2.68 bits per heavy atom. The molecule has 0 aliphatic carbocycles. The minimum Gasteiger partial charge on any atom is -0.387 e. The van der Waals surface area contributed by atoms with Gasteiger partial charge < -0.3 is 25.6 Å². The van der Waals surface area contributed by atoms with Gasteiger partial charge in [-0.15, -0.1) is 13.2 Å². The molecule has 2 amide bonds. The van der Waals surface area contributed by atoms with Crippen LogP contribution in [0.25, 0.3) is 0 Å². The molecule has 1 unspecified atom stereocenters. The second-order valence-electron chi connectivity index (χ2n) is 6.85. The third kappa shape index (κ3) is 3.46. The molecule has 0 bridgehead atoms. The summed E-state index contributed by atoms with van der Waals surface area (Å²) in [5, 5.41) is 26.1. The first-order valence-corrected chi connectivity index (χ1v) is 10.3. The molecule has 0 saturated carbocycles. The molecule has 0 aromatic carbocycles. The van der Waals surface area contributed by atoms with Crippen molar-refractivity contribution in [2.45, 2.75) is 37.3 Å². The lowest BCUT2D eigenvalue weighted by Crippen LogP contribution is -2.49. The number of hydrogen-bond acceptors (Lipinski definition) is 4. The van der Waals surface area contributed by atoms with Crippen molar-refractivity contribution in [3.05, 3.63) is 24.0 Å². The van der Waals surface area contributed by atoms with Crippen molar-refractivity contribution < 1.29 is 19.7 Å². The van der Waals surface area contributed by atoms with E-state index in [1.54, 1.807) is 0 Å². The van der Waals surface area contributed by atoms with E-state index in [2.05, 4.69) is 36.8 Å². The molecule has 2 aliphatic rings. The molecule has 7 heteroatoms. The quantitative estimate of drug-likeness (QED) is 0.571. The average molecular weight is 328 g/mol. The lowest BCUT2D eigenvalue weighted by Gasteiger charge is -2.30. The smallest absolute Gasteiger partial charge is 0.323 e. The molecule has 1 fully saturated rings. The number of ether oxygens (including phenoxy) is 1. The lowest BCUT2D eigenvalue weighted by atomic mass is 9.87. The molecule has 4 atom stereocenters. The summed E-state index contributed by atoms with van der Waals surface area (Å²) in [6.45, 7) is 8.32. The summed E-state index contributed by atoms with van der Waals surface area (Å²) in [5.41, 5.74) is -0.547. The molecule has 2 heterocycles. The Morgan fingerprint density at radius 2 is 2.14 bits per heavy atom. The van der Waals surface area contributed by atoms with Gasteiger partial charge in [0.15, 0.2) is 0 Å². The van der Waals surface area contributed by atoms with Gasteiger partial charge in [-0.25, -0.2) is 4.79 Å². The lowest BCUT2D eigenvalue weighted by molar-refractivity contribution is -0.0516. The van der Waals surface area contributed by atoms with E-state index >= 15 is 0 Å². The van der Waals surface area contributed by atoms with Gasteiger partial charge in [-0.3, -0.25) is 0 Å². The number of rotatable bonds is 4. The van der Waals surface area contributed by atoms with Crippen molar-refractivity contribution in [1.82, 2.24) is 10.6 Å². The molecule has 0 spiro atoms. The van der Waals surface area contributed by atoms with Crippen LogP contribution in [0.15, 0.2) is 24.0 Å². The van der Waals surface area contributed by atoms with Crippen LogP contribution >= 0.6 is 6.89 Å². The summed E-state index contributed by atoms with van der Waals surface area (Å²) in [6.07, 6.45) is 4.90. The van der Waals surface area contributed by atoms with Gasteiger partial charge in [0.1, 0.15) is 17.8 Å². The first kappa shape index (κ1) is 17.3. The van der Waals surface area contributed by atoms with E-state index in [-0.39, 0.29) is 6.03 Å². The summed E-state index contributed by atoms with van der Waals surface area (Å²) in [5.74, 6) is 0. The molecule has 0 radical (unpaired) electrons. The van der Waals surface area contributed by atoms with Gasteiger partial charge in [-0.05, 0) is 32.8 Å². The average Bonchev–Trinajstić information content (AvgIpc) is 2.59. The fraction of sp³-hybridized carbons (Fsp3) is 0.600. The van der Waals surface area contributed by atoms with Crippen molar-refractivity contribution in [3.63, 3.8) is 0 Å². The van der Waals surface area contributed by atoms with Crippen LogP contribution in [0.2, 0.25) is 0 Å². The van der Waals surface area contributed by atoms with Crippen molar-refractivity contribution >= 4 is 19.2 Å². The zero-order valence-corrected chi connectivity index (χ0v) is 14.2. The number of nitrogens with one attached hydrogen (secondary N) is 2. The van der Waals surface area contributed by atoms with Gasteiger partial charge in [-0.1, -0.05) is 6.58 Å². The topological polar surface area (TPSA) is 90.8 Å². The van der Waals surface area contributed by atoms with Crippen LogP contribution in [-0.2, 0) is 4.74 Å². The highest BCUT2D eigenvalue weighted by Gasteiger charge is 2.53. The van der Waals surface area contributed by atoms with E-state index in [1.807, 2.05) is 0 Å². The van der Waals surface area contributed by atoms with Crippen molar-refractivity contribution in [3.8, 4) is 0 Å². The first-order valence-electron chi connectivity index (χ1n) is 7.22. The fourth-order valence-corrected chi connectivity index (χ4v) is 3.67. The highest BCUT2D eigenvalue weighted by Crippen LogP contribution is 2.42. The number of urea groups is 1. The summed E-state index contributed by atoms with van der Waals surface area (Å²) >= 11 is 0. The Hall–Kier alpha value is -1.07. The Morgan fingerprint density at radius 1 is 1.50 bits per heavy atom. The highest BCUT2D eigenvalue weighted by atomic mass is 31.2. The first-order chi connectivity index (χ1) is 10.0. The van der Waals surface area contributed by atoms with Gasteiger partial charge >= 0.3 is 6.03 Å². The minimum absolute atomic E-state index is 0.367. The van der Waals surface area contributed by atoms with Crippen LogP contribution in [0.5, 0.6) is 0 Å². The molecule has 0 aromatic rings. The van der Waals surface area contributed by atoms with Gasteiger partial charge in [0, 0.05) is 17.5 Å². The Bertz CT molecular complexity index is 564. The maximum atomic E-state index is 11.3. The Kier molecular flexibility index (Phi) is 4.60. The molecule has 1 saturated heterocycles. The van der Waals surface area contributed by atoms with Crippen molar-refractivity contribution in [2.75, 3.05) is 19.5 Å². The zero-order chi connectivity index (χ0) is 16.7. The molecule has 0 aromatic heterocycles. The van der Waals surface area contributed by atoms with E-state index < -0.39 is 30.8 Å². The second-order valence-corrected chi connectivity index (χ2v) is 11.2. The Balaban J connectivity index is 2.18. The molecular weight excluding hydrogens is 303 g/mol. The molecule has 22 heavy (non-hydrogen) atoms. The highest BCUT2D eigenvalue weighted by molar-refractivity contribution is 7.72. The van der Waals surface area contributed by atoms with Crippen molar-refractivity contribution in [2.24, 2.45) is 0 Å². The zero-order valence-electron chi connectivity index (χ0n) is 13.3. The van der Waals surface area contributed by atoms with Crippen LogP contribution in [0.3, 0.4) is 0 Å². The molecule has 2 rings (SSSR count). The standard InChI is InChI=1S/C15H25N2O4P/c1-9-10(8-16-14(19)17-9)13-15(2,20)12(18)11(21-13)6-7-22(3,4)5/h8,11-13,18,20H,1,3,6-7H2,2,4-5H3,(H2,16,17,19)/t11?,12-,13+,15-/m1/s1. The van der Waals surface area contributed by atoms with Crippen LogP contribution < -0.4 is 10.6 Å². The fourth-order valence-electron chi connectivity index (χ4n) is 2.72. The molecule has 2 aliphatic heterocycles. The number of aliphatic hydroxyl groups is 2. The van der Waals surface area contributed by atoms with E-state index in [9.17, 15) is 15.0 Å². The summed E-state index contributed by atoms with van der Waals surface area (Å²) in [7, 11) is 0. The van der Waals surface area contributed by atoms with Crippen LogP contribution in [0, 0.1) is 0 Å². The Labute approximate surface area is 131 Å². The van der Waals surface area contributed by atoms with E-state index in [1.165, 1.54) is 13.1 Å². The largest absolute Gasteiger partial charge is 0.387 e. The third-order valence-electron chi connectivity index (χ3n) is 4.07. The number of aliphatic hydroxyl groups excluding tert-OH is 1. The monoisotopic (exact) mass is 328 g/mol. The van der Waals surface area contributed by atoms with E-state index in [0.29, 0.717) is 17.7 Å². The second kappa shape index (κ2) is 5.85. The van der Waals surface area contributed by atoms with E-state index in [0.717, 1.165) is 6.16 Å². The number of hydrogen-bond donors (Lipinski definition) is 4. The maximum Gasteiger partial charge on any atom is 0.323 e. The maximum absolute atomic E-state index is 11.3. The summed E-state index contributed by atoms with van der Waals surface area (Å²) in [6, 6.07) is -0.382. The third-order valence-corrected chi connectivity index (χ3v) is 5.53. The number of carbonyl (C=O) groups is 1. The normalized spacial score (nSPS) is 35.9. The van der Waals surface area contributed by atoms with Crippen LogP contribution in [-0.4, -0.2) is 65.9 Å². The van der Waals surface area contributed by atoms with Crippen LogP contribution in [0.1, 0.15) is 13.3 Å². The van der Waals surface area contributed by atoms with E-state index in [4.69, 9.17) is 4.74 Å². The SMILES string of the molecule is C=C1NC(=O)NC=C1[C@@H]1OC(CCP(=C)(C)C)[C@@H](O)[C@@]1(C)O. The number of amides is 2.